The maximum absolute atomic E-state index is 11.3. The predicted octanol–water partition coefficient (Wildman–Crippen LogP) is 3.01. The minimum absolute atomic E-state index is 0.385. The van der Waals surface area contributed by atoms with Crippen molar-refractivity contribution in [2.75, 3.05) is 5.73 Å². The maximum Gasteiger partial charge on any atom is 0.250 e. The average Bonchev–Trinajstić information content (AvgIpc) is 2.88. The van der Waals surface area contributed by atoms with Crippen LogP contribution in [0.5, 0.6) is 0 Å². The van der Waals surface area contributed by atoms with E-state index in [2.05, 4.69) is 18.2 Å². The van der Waals surface area contributed by atoms with Crippen molar-refractivity contribution in [3.63, 3.8) is 0 Å². The van der Waals surface area contributed by atoms with Gasteiger partial charge in [-0.1, -0.05) is 23.9 Å². The fourth-order valence-corrected chi connectivity index (χ4v) is 3.54. The van der Waals surface area contributed by atoms with Gasteiger partial charge in [-0.2, -0.15) is 0 Å². The Kier molecular flexibility index (Phi) is 3.40. The SMILES string of the molecule is NC(=O)c1cccc(Sc2ccc3c(c2)CCC3)c1N. The van der Waals surface area contributed by atoms with E-state index >= 15 is 0 Å². The molecule has 3 nitrogen and oxygen atoms in total. The lowest BCUT2D eigenvalue weighted by Crippen LogP contribution is -2.13. The molecule has 1 aliphatic carbocycles. The Balaban J connectivity index is 1.92. The molecule has 0 saturated carbocycles. The smallest absolute Gasteiger partial charge is 0.250 e. The van der Waals surface area contributed by atoms with Crippen LogP contribution < -0.4 is 11.5 Å². The van der Waals surface area contributed by atoms with Crippen LogP contribution in [0.1, 0.15) is 27.9 Å². The summed E-state index contributed by atoms with van der Waals surface area (Å²) >= 11 is 1.58. The average molecular weight is 284 g/mol. The highest BCUT2D eigenvalue weighted by molar-refractivity contribution is 7.99. The van der Waals surface area contributed by atoms with E-state index in [4.69, 9.17) is 11.5 Å². The van der Waals surface area contributed by atoms with Crippen LogP contribution >= 0.6 is 11.8 Å². The Labute approximate surface area is 122 Å². The molecule has 4 heteroatoms. The van der Waals surface area contributed by atoms with Gasteiger partial charge in [0.25, 0.3) is 5.91 Å². The second-order valence-electron chi connectivity index (χ2n) is 4.97. The summed E-state index contributed by atoms with van der Waals surface area (Å²) in [7, 11) is 0. The summed E-state index contributed by atoms with van der Waals surface area (Å²) < 4.78 is 0. The minimum Gasteiger partial charge on any atom is -0.397 e. The first-order chi connectivity index (χ1) is 9.65. The summed E-state index contributed by atoms with van der Waals surface area (Å²) in [6.07, 6.45) is 3.57. The molecule has 20 heavy (non-hydrogen) atoms. The van der Waals surface area contributed by atoms with E-state index in [9.17, 15) is 4.79 Å². The number of carbonyl (C=O) groups is 1. The van der Waals surface area contributed by atoms with Gasteiger partial charge >= 0.3 is 0 Å². The molecule has 2 aromatic carbocycles. The number of aryl methyl sites for hydroxylation is 2. The third-order valence-electron chi connectivity index (χ3n) is 3.63. The second kappa shape index (κ2) is 5.21. The number of amides is 1. The van der Waals surface area contributed by atoms with Crippen LogP contribution in [0.4, 0.5) is 5.69 Å². The highest BCUT2D eigenvalue weighted by atomic mass is 32.2. The van der Waals surface area contributed by atoms with Gasteiger partial charge in [-0.25, -0.2) is 0 Å². The number of nitrogen functional groups attached to an aromatic ring is 1. The van der Waals surface area contributed by atoms with Crippen LogP contribution in [0.2, 0.25) is 0 Å². The molecule has 3 rings (SSSR count). The van der Waals surface area contributed by atoms with E-state index in [0.29, 0.717) is 11.3 Å². The highest BCUT2D eigenvalue weighted by Gasteiger charge is 2.13. The number of nitrogens with two attached hydrogens (primary N) is 2. The molecule has 0 radical (unpaired) electrons. The van der Waals surface area contributed by atoms with Crippen molar-refractivity contribution in [3.8, 4) is 0 Å². The molecule has 0 aliphatic heterocycles. The number of anilines is 1. The van der Waals surface area contributed by atoms with Crippen molar-refractivity contribution in [2.24, 2.45) is 5.73 Å². The summed E-state index contributed by atoms with van der Waals surface area (Å²) in [5, 5.41) is 0. The number of hydrogen-bond acceptors (Lipinski definition) is 3. The van der Waals surface area contributed by atoms with Crippen molar-refractivity contribution in [3.05, 3.63) is 53.1 Å². The van der Waals surface area contributed by atoms with E-state index in [1.807, 2.05) is 12.1 Å². The van der Waals surface area contributed by atoms with Crippen molar-refractivity contribution < 1.29 is 4.79 Å². The lowest BCUT2D eigenvalue weighted by atomic mass is 10.1. The van der Waals surface area contributed by atoms with E-state index in [-0.39, 0.29) is 0 Å². The number of benzene rings is 2. The van der Waals surface area contributed by atoms with E-state index in [1.165, 1.54) is 24.0 Å². The Morgan fingerprint density at radius 3 is 2.70 bits per heavy atom. The molecule has 1 aliphatic rings. The van der Waals surface area contributed by atoms with Crippen LogP contribution in [0, 0.1) is 0 Å². The Morgan fingerprint density at radius 2 is 1.90 bits per heavy atom. The number of fused-ring (bicyclic) bond motifs is 1. The number of primary amides is 1. The highest BCUT2D eigenvalue weighted by Crippen LogP contribution is 2.35. The molecule has 102 valence electrons. The van der Waals surface area contributed by atoms with Crippen molar-refractivity contribution in [1.29, 1.82) is 0 Å². The van der Waals surface area contributed by atoms with Gasteiger partial charge < -0.3 is 11.5 Å². The molecule has 2 aromatic rings. The van der Waals surface area contributed by atoms with Gasteiger partial charge in [-0.3, -0.25) is 4.79 Å². The van der Waals surface area contributed by atoms with Crippen LogP contribution in [0.15, 0.2) is 46.2 Å². The number of hydrogen-bond donors (Lipinski definition) is 2. The Hall–Kier alpha value is -1.94. The molecule has 0 heterocycles. The fourth-order valence-electron chi connectivity index (χ4n) is 2.59. The molecule has 4 N–H and O–H groups in total. The van der Waals surface area contributed by atoms with Gasteiger partial charge in [0, 0.05) is 9.79 Å². The maximum atomic E-state index is 11.3. The van der Waals surface area contributed by atoms with Gasteiger partial charge in [0.2, 0.25) is 0 Å². The van der Waals surface area contributed by atoms with Crippen molar-refractivity contribution in [2.45, 2.75) is 29.1 Å². The van der Waals surface area contributed by atoms with Crippen molar-refractivity contribution in [1.82, 2.24) is 0 Å². The second-order valence-corrected chi connectivity index (χ2v) is 6.08. The third kappa shape index (κ3) is 2.39. The van der Waals surface area contributed by atoms with Crippen molar-refractivity contribution >= 4 is 23.4 Å². The molecule has 1 amide bonds. The fraction of sp³-hybridized carbons (Fsp3) is 0.188. The molecule has 0 atom stereocenters. The van der Waals surface area contributed by atoms with E-state index in [0.717, 1.165) is 16.2 Å². The molecule has 0 saturated heterocycles. The monoisotopic (exact) mass is 284 g/mol. The zero-order valence-corrected chi connectivity index (χ0v) is 11.9. The van der Waals surface area contributed by atoms with E-state index < -0.39 is 5.91 Å². The summed E-state index contributed by atoms with van der Waals surface area (Å²) in [4.78, 5) is 13.3. The van der Waals surface area contributed by atoms with Gasteiger partial charge in [0.15, 0.2) is 0 Å². The molecular formula is C16H16N2OS. The standard InChI is InChI=1S/C16H16N2OS/c17-15-13(16(18)19)5-2-6-14(15)20-12-8-7-10-3-1-4-11(10)9-12/h2,5-9H,1,3-4,17H2,(H2,18,19). The largest absolute Gasteiger partial charge is 0.397 e. The van der Waals surface area contributed by atoms with Crippen LogP contribution in [-0.2, 0) is 12.8 Å². The summed E-state index contributed by atoms with van der Waals surface area (Å²) in [6.45, 7) is 0. The molecule has 0 unspecified atom stereocenters. The first-order valence-electron chi connectivity index (χ1n) is 6.63. The molecule has 0 fully saturated rings. The van der Waals surface area contributed by atoms with Gasteiger partial charge in [0.1, 0.15) is 0 Å². The number of para-hydroxylation sites is 1. The Morgan fingerprint density at radius 1 is 1.10 bits per heavy atom. The lowest BCUT2D eigenvalue weighted by molar-refractivity contribution is 0.100. The van der Waals surface area contributed by atoms with Gasteiger partial charge in [0.05, 0.1) is 11.3 Å². The molecule has 0 bridgehead atoms. The van der Waals surface area contributed by atoms with Gasteiger partial charge in [-0.05, 0) is 54.7 Å². The predicted molar refractivity (Wildman–Crippen MR) is 82.0 cm³/mol. The molecule has 0 spiro atoms. The zero-order valence-electron chi connectivity index (χ0n) is 11.1. The first-order valence-corrected chi connectivity index (χ1v) is 7.45. The first kappa shape index (κ1) is 13.1. The Bertz CT molecular complexity index is 682. The lowest BCUT2D eigenvalue weighted by Gasteiger charge is -2.09. The van der Waals surface area contributed by atoms with Crippen LogP contribution in [0.3, 0.4) is 0 Å². The van der Waals surface area contributed by atoms with Crippen LogP contribution in [0.25, 0.3) is 0 Å². The quantitative estimate of drug-likeness (QED) is 0.851. The number of carbonyl (C=O) groups excluding carboxylic acids is 1. The number of rotatable bonds is 3. The third-order valence-corrected chi connectivity index (χ3v) is 4.69. The summed E-state index contributed by atoms with van der Waals surface area (Å²) in [6, 6.07) is 11.9. The minimum atomic E-state index is -0.487. The summed E-state index contributed by atoms with van der Waals surface area (Å²) in [5.41, 5.74) is 15.1. The molecular weight excluding hydrogens is 268 g/mol. The van der Waals surface area contributed by atoms with E-state index in [1.54, 1.807) is 17.8 Å². The summed E-state index contributed by atoms with van der Waals surface area (Å²) in [5.74, 6) is -0.487. The topological polar surface area (TPSA) is 69.1 Å². The molecule has 0 aromatic heterocycles. The van der Waals surface area contributed by atoms with Gasteiger partial charge in [-0.15, -0.1) is 0 Å². The zero-order chi connectivity index (χ0) is 14.1. The van der Waals surface area contributed by atoms with Crippen LogP contribution in [-0.4, -0.2) is 5.91 Å². The normalized spacial score (nSPS) is 13.2.